The minimum atomic E-state index is -0.305. The van der Waals surface area contributed by atoms with Crippen molar-refractivity contribution in [3.8, 4) is 17.0 Å². The number of hydrogen-bond donors (Lipinski definition) is 1. The number of hydrogen-bond acceptors (Lipinski definition) is 8. The van der Waals surface area contributed by atoms with E-state index in [4.69, 9.17) is 16.3 Å². The van der Waals surface area contributed by atoms with Crippen LogP contribution in [0.4, 0.5) is 15.9 Å². The van der Waals surface area contributed by atoms with Crippen molar-refractivity contribution in [3.05, 3.63) is 120 Å². The van der Waals surface area contributed by atoms with Gasteiger partial charge in [-0.05, 0) is 78.6 Å². The smallest absolute Gasteiger partial charge is 0.141 e. The summed E-state index contributed by atoms with van der Waals surface area (Å²) in [6, 6.07) is 22.2. The number of likely N-dealkylation sites (tertiary alicyclic amines) is 1. The van der Waals surface area contributed by atoms with E-state index >= 15 is 0 Å². The molecule has 1 aliphatic rings. The average molecular weight is 621 g/mol. The number of anilines is 2. The predicted molar refractivity (Wildman–Crippen MR) is 172 cm³/mol. The number of aromatic nitrogens is 6. The normalized spacial score (nSPS) is 14.1. The summed E-state index contributed by atoms with van der Waals surface area (Å²) in [7, 11) is 0. The fourth-order valence-electron chi connectivity index (χ4n) is 5.61. The van der Waals surface area contributed by atoms with Crippen molar-refractivity contribution >= 4 is 34.0 Å². The Labute approximate surface area is 264 Å². The first-order chi connectivity index (χ1) is 22.1. The lowest BCUT2D eigenvalue weighted by molar-refractivity contribution is 0.172. The minimum Gasteiger partial charge on any atom is -0.487 e. The van der Waals surface area contributed by atoms with Crippen molar-refractivity contribution in [1.82, 2.24) is 34.8 Å². The summed E-state index contributed by atoms with van der Waals surface area (Å²) in [6.07, 6.45) is 9.29. The lowest BCUT2D eigenvalue weighted by Crippen LogP contribution is -2.34. The SMILES string of the molecule is Fc1cccc(COc2ccc(Nc3ncnc4ccc(-c5cn(C6CCN(Cc7ccncc7)CC6)nn5)cc34)cc2Cl)c1. The van der Waals surface area contributed by atoms with Crippen molar-refractivity contribution in [2.24, 2.45) is 0 Å². The van der Waals surface area contributed by atoms with Gasteiger partial charge in [-0.2, -0.15) is 0 Å². The topological polar surface area (TPSA) is 93.9 Å². The maximum absolute atomic E-state index is 13.5. The van der Waals surface area contributed by atoms with Gasteiger partial charge in [0.25, 0.3) is 0 Å². The fourth-order valence-corrected chi connectivity index (χ4v) is 5.85. The van der Waals surface area contributed by atoms with E-state index in [0.717, 1.165) is 65.9 Å². The molecular formula is C34H30ClFN8O. The van der Waals surface area contributed by atoms with Crippen LogP contribution in [0.25, 0.3) is 22.2 Å². The summed E-state index contributed by atoms with van der Waals surface area (Å²) >= 11 is 6.53. The summed E-state index contributed by atoms with van der Waals surface area (Å²) in [6.45, 7) is 3.16. The molecule has 11 heteroatoms. The van der Waals surface area contributed by atoms with Gasteiger partial charge in [0.2, 0.25) is 0 Å². The van der Waals surface area contributed by atoms with E-state index in [2.05, 4.69) is 47.6 Å². The van der Waals surface area contributed by atoms with E-state index in [9.17, 15) is 4.39 Å². The van der Waals surface area contributed by atoms with Gasteiger partial charge in [0, 0.05) is 48.7 Å². The summed E-state index contributed by atoms with van der Waals surface area (Å²) in [5, 5.41) is 13.6. The Bertz CT molecular complexity index is 1930. The largest absolute Gasteiger partial charge is 0.487 e. The van der Waals surface area contributed by atoms with Crippen LogP contribution in [0.3, 0.4) is 0 Å². The predicted octanol–water partition coefficient (Wildman–Crippen LogP) is 7.24. The molecule has 1 N–H and O–H groups in total. The average Bonchev–Trinajstić information content (AvgIpc) is 3.56. The fraction of sp³-hybridized carbons (Fsp3) is 0.206. The second kappa shape index (κ2) is 13.0. The number of pyridine rings is 1. The molecule has 0 spiro atoms. The standard InChI is InChI=1S/C34H30ClFN8O/c35-30-18-27(5-7-33(30)45-21-24-2-1-3-26(36)16-24)40-34-29-17-25(4-6-31(29)38-22-39-34)32-20-44(42-41-32)28-10-14-43(15-11-28)19-23-8-12-37-13-9-23/h1-9,12-13,16-18,20,22,28H,10-11,14-15,19,21H2,(H,38,39,40). The maximum atomic E-state index is 13.5. The van der Waals surface area contributed by atoms with Crippen molar-refractivity contribution in [2.45, 2.75) is 32.0 Å². The number of benzene rings is 3. The van der Waals surface area contributed by atoms with Crippen LogP contribution >= 0.6 is 11.6 Å². The molecular weight excluding hydrogens is 591 g/mol. The molecule has 7 rings (SSSR count). The van der Waals surface area contributed by atoms with Gasteiger partial charge in [0.1, 0.15) is 36.0 Å². The highest BCUT2D eigenvalue weighted by molar-refractivity contribution is 6.32. The number of ether oxygens (including phenoxy) is 1. The maximum Gasteiger partial charge on any atom is 0.141 e. The first kappa shape index (κ1) is 28.8. The third kappa shape index (κ3) is 6.77. The molecule has 9 nitrogen and oxygen atoms in total. The molecule has 0 radical (unpaired) electrons. The van der Waals surface area contributed by atoms with Gasteiger partial charge in [0.05, 0.1) is 22.8 Å². The highest BCUT2D eigenvalue weighted by Crippen LogP contribution is 2.32. The number of fused-ring (bicyclic) bond motifs is 1. The second-order valence-electron chi connectivity index (χ2n) is 11.1. The van der Waals surface area contributed by atoms with Crippen LogP contribution in [0.2, 0.25) is 5.02 Å². The molecule has 0 saturated carbocycles. The van der Waals surface area contributed by atoms with E-state index in [-0.39, 0.29) is 12.4 Å². The van der Waals surface area contributed by atoms with Crippen LogP contribution in [0.5, 0.6) is 5.75 Å². The quantitative estimate of drug-likeness (QED) is 0.181. The van der Waals surface area contributed by atoms with Gasteiger partial charge >= 0.3 is 0 Å². The molecule has 3 aromatic heterocycles. The number of nitrogens with zero attached hydrogens (tertiary/aromatic N) is 7. The zero-order valence-electron chi connectivity index (χ0n) is 24.4. The van der Waals surface area contributed by atoms with Gasteiger partial charge in [-0.15, -0.1) is 5.10 Å². The van der Waals surface area contributed by atoms with Crippen LogP contribution in [-0.4, -0.2) is 47.9 Å². The first-order valence-electron chi connectivity index (χ1n) is 14.8. The lowest BCUT2D eigenvalue weighted by atomic mass is 10.0. The molecule has 6 aromatic rings. The van der Waals surface area contributed by atoms with E-state index in [1.54, 1.807) is 24.3 Å². The van der Waals surface area contributed by atoms with E-state index in [1.165, 1.54) is 24.0 Å². The highest BCUT2D eigenvalue weighted by atomic mass is 35.5. The Morgan fingerprint density at radius 3 is 2.62 bits per heavy atom. The van der Waals surface area contributed by atoms with Crippen molar-refractivity contribution in [2.75, 3.05) is 18.4 Å². The van der Waals surface area contributed by atoms with Gasteiger partial charge in [-0.25, -0.2) is 19.0 Å². The van der Waals surface area contributed by atoms with Crippen LogP contribution in [0, 0.1) is 5.82 Å². The van der Waals surface area contributed by atoms with Gasteiger partial charge < -0.3 is 10.1 Å². The summed E-state index contributed by atoms with van der Waals surface area (Å²) < 4.78 is 21.3. The van der Waals surface area contributed by atoms with Gasteiger partial charge in [0.15, 0.2) is 0 Å². The van der Waals surface area contributed by atoms with Crippen LogP contribution < -0.4 is 10.1 Å². The highest BCUT2D eigenvalue weighted by Gasteiger charge is 2.22. The molecule has 3 aromatic carbocycles. The molecule has 0 bridgehead atoms. The Morgan fingerprint density at radius 1 is 0.933 bits per heavy atom. The summed E-state index contributed by atoms with van der Waals surface area (Å²) in [5.41, 5.74) is 5.28. The molecule has 4 heterocycles. The second-order valence-corrected chi connectivity index (χ2v) is 11.5. The third-order valence-corrected chi connectivity index (χ3v) is 8.30. The minimum absolute atomic E-state index is 0.208. The van der Waals surface area contributed by atoms with Crippen LogP contribution in [0.1, 0.15) is 30.0 Å². The number of piperidine rings is 1. The zero-order chi connectivity index (χ0) is 30.6. The lowest BCUT2D eigenvalue weighted by Gasteiger charge is -2.31. The molecule has 1 aliphatic heterocycles. The zero-order valence-corrected chi connectivity index (χ0v) is 25.1. The molecule has 226 valence electrons. The Morgan fingerprint density at radius 2 is 1.80 bits per heavy atom. The third-order valence-electron chi connectivity index (χ3n) is 8.01. The summed E-state index contributed by atoms with van der Waals surface area (Å²) in [4.78, 5) is 15.5. The molecule has 0 atom stereocenters. The Balaban J connectivity index is 1.03. The van der Waals surface area contributed by atoms with Crippen LogP contribution in [0.15, 0.2) is 97.7 Å². The Kier molecular flexibility index (Phi) is 8.31. The van der Waals surface area contributed by atoms with E-state index < -0.39 is 0 Å². The van der Waals surface area contributed by atoms with Gasteiger partial charge in [-0.3, -0.25) is 9.88 Å². The number of rotatable bonds is 9. The number of nitrogens with one attached hydrogen (secondary N) is 1. The Hall–Kier alpha value is -4.93. The summed E-state index contributed by atoms with van der Waals surface area (Å²) in [5.74, 6) is 0.838. The van der Waals surface area contributed by atoms with Crippen molar-refractivity contribution in [1.29, 1.82) is 0 Å². The molecule has 0 unspecified atom stereocenters. The van der Waals surface area contributed by atoms with Gasteiger partial charge in [-0.1, -0.05) is 35.0 Å². The van der Waals surface area contributed by atoms with Crippen LogP contribution in [-0.2, 0) is 13.2 Å². The molecule has 0 amide bonds. The molecule has 0 aliphatic carbocycles. The van der Waals surface area contributed by atoms with Crippen molar-refractivity contribution < 1.29 is 9.13 Å². The molecule has 1 saturated heterocycles. The van der Waals surface area contributed by atoms with Crippen molar-refractivity contribution in [3.63, 3.8) is 0 Å². The first-order valence-corrected chi connectivity index (χ1v) is 15.2. The molecule has 45 heavy (non-hydrogen) atoms. The van der Waals surface area contributed by atoms with E-state index in [0.29, 0.717) is 22.6 Å². The molecule has 1 fully saturated rings. The van der Waals surface area contributed by atoms with E-state index in [1.807, 2.05) is 47.5 Å². The number of halogens is 2. The monoisotopic (exact) mass is 620 g/mol.